The van der Waals surface area contributed by atoms with Crippen molar-refractivity contribution in [3.63, 3.8) is 0 Å². The number of benzene rings is 1. The zero-order chi connectivity index (χ0) is 19.7. The van der Waals surface area contributed by atoms with E-state index in [-0.39, 0.29) is 23.4 Å². The van der Waals surface area contributed by atoms with Gasteiger partial charge >= 0.3 is 6.03 Å². The molecule has 28 heavy (non-hydrogen) atoms. The Morgan fingerprint density at radius 3 is 2.43 bits per heavy atom. The molecule has 5 nitrogen and oxygen atoms in total. The largest absolute Gasteiger partial charge is 0.340 e. The summed E-state index contributed by atoms with van der Waals surface area (Å²) in [5, 5.41) is 2.90. The normalized spacial score (nSPS) is 24.7. The third-order valence-corrected chi connectivity index (χ3v) is 7.01. The van der Waals surface area contributed by atoms with E-state index in [0.717, 1.165) is 58.2 Å². The van der Waals surface area contributed by atoms with E-state index in [2.05, 4.69) is 48.3 Å². The third-order valence-electron chi connectivity index (χ3n) is 7.01. The fourth-order valence-corrected chi connectivity index (χ4v) is 5.32. The van der Waals surface area contributed by atoms with Crippen molar-refractivity contribution < 1.29 is 9.59 Å². The first kappa shape index (κ1) is 19.3. The molecule has 1 aliphatic carbocycles. The van der Waals surface area contributed by atoms with Crippen LogP contribution in [-0.2, 0) is 10.2 Å². The van der Waals surface area contributed by atoms with Gasteiger partial charge in [0.25, 0.3) is 0 Å². The lowest BCUT2D eigenvalue weighted by Crippen LogP contribution is -2.54. The van der Waals surface area contributed by atoms with E-state index in [4.69, 9.17) is 0 Å². The van der Waals surface area contributed by atoms with Crippen LogP contribution in [0.25, 0.3) is 0 Å². The molecule has 4 rings (SSSR count). The molecule has 1 aromatic rings. The van der Waals surface area contributed by atoms with Crippen molar-refractivity contribution in [3.05, 3.63) is 35.4 Å². The first-order valence-corrected chi connectivity index (χ1v) is 11.0. The number of urea groups is 1. The van der Waals surface area contributed by atoms with Gasteiger partial charge in [0.05, 0.1) is 11.5 Å². The Labute approximate surface area is 168 Å². The summed E-state index contributed by atoms with van der Waals surface area (Å²) in [6, 6.07) is 8.95. The Morgan fingerprint density at radius 2 is 1.82 bits per heavy atom. The van der Waals surface area contributed by atoms with Gasteiger partial charge < -0.3 is 15.1 Å². The second-order valence-electron chi connectivity index (χ2n) is 9.04. The van der Waals surface area contributed by atoms with Crippen LogP contribution >= 0.6 is 0 Å². The molecule has 0 bridgehead atoms. The third kappa shape index (κ3) is 3.40. The topological polar surface area (TPSA) is 52.7 Å². The fourth-order valence-electron chi connectivity index (χ4n) is 5.32. The van der Waals surface area contributed by atoms with Gasteiger partial charge in [-0.2, -0.15) is 0 Å². The first-order valence-electron chi connectivity index (χ1n) is 11.0. The van der Waals surface area contributed by atoms with E-state index in [1.54, 1.807) is 0 Å². The van der Waals surface area contributed by atoms with Crippen molar-refractivity contribution in [2.24, 2.45) is 0 Å². The van der Waals surface area contributed by atoms with E-state index in [1.807, 2.05) is 4.90 Å². The molecule has 152 valence electrons. The van der Waals surface area contributed by atoms with Gasteiger partial charge in [0.15, 0.2) is 0 Å². The van der Waals surface area contributed by atoms with Crippen LogP contribution in [0.1, 0.15) is 69.4 Å². The smallest absolute Gasteiger partial charge is 0.317 e. The molecule has 0 spiro atoms. The molecule has 3 fully saturated rings. The van der Waals surface area contributed by atoms with Crippen LogP contribution in [0, 0.1) is 0 Å². The SMILES string of the molecule is CC(C)c1ccc(C2(C(=O)N3CCCC(N4CCNC4=O)C3)CCCC2)cc1. The molecular formula is C23H33N3O2. The van der Waals surface area contributed by atoms with E-state index in [9.17, 15) is 9.59 Å². The first-order chi connectivity index (χ1) is 13.5. The Balaban J connectivity index is 1.55. The maximum atomic E-state index is 13.8. The summed E-state index contributed by atoms with van der Waals surface area (Å²) in [6.07, 6.45) is 6.08. The van der Waals surface area contributed by atoms with Crippen molar-refractivity contribution >= 4 is 11.9 Å². The molecule has 2 saturated heterocycles. The molecule has 2 aliphatic heterocycles. The maximum absolute atomic E-state index is 13.8. The molecule has 3 amide bonds. The highest BCUT2D eigenvalue weighted by Gasteiger charge is 2.46. The molecule has 1 N–H and O–H groups in total. The lowest BCUT2D eigenvalue weighted by molar-refractivity contribution is -0.139. The lowest BCUT2D eigenvalue weighted by atomic mass is 9.76. The van der Waals surface area contributed by atoms with Gasteiger partial charge in [0, 0.05) is 26.2 Å². The number of carbonyl (C=O) groups is 2. The minimum absolute atomic E-state index is 0.0270. The van der Waals surface area contributed by atoms with Gasteiger partial charge in [-0.15, -0.1) is 0 Å². The molecule has 2 heterocycles. The second-order valence-corrected chi connectivity index (χ2v) is 9.04. The van der Waals surface area contributed by atoms with Crippen LogP contribution in [0.2, 0.25) is 0 Å². The average Bonchev–Trinajstić information content (AvgIpc) is 3.37. The summed E-state index contributed by atoms with van der Waals surface area (Å²) in [6.45, 7) is 7.37. The van der Waals surface area contributed by atoms with Gasteiger partial charge in [-0.05, 0) is 42.7 Å². The molecule has 0 aromatic heterocycles. The van der Waals surface area contributed by atoms with Crippen LogP contribution in [0.4, 0.5) is 4.79 Å². The minimum Gasteiger partial charge on any atom is -0.340 e. The summed E-state index contributed by atoms with van der Waals surface area (Å²) in [7, 11) is 0. The summed E-state index contributed by atoms with van der Waals surface area (Å²) < 4.78 is 0. The Bertz CT molecular complexity index is 722. The van der Waals surface area contributed by atoms with Crippen LogP contribution < -0.4 is 5.32 Å². The number of hydrogen-bond donors (Lipinski definition) is 1. The van der Waals surface area contributed by atoms with Gasteiger partial charge in [-0.1, -0.05) is 51.0 Å². The number of piperidine rings is 1. The second kappa shape index (κ2) is 7.76. The molecular weight excluding hydrogens is 350 g/mol. The predicted octanol–water partition coefficient (Wildman–Crippen LogP) is 3.64. The van der Waals surface area contributed by atoms with Crippen molar-refractivity contribution in [1.29, 1.82) is 0 Å². The average molecular weight is 384 g/mol. The van der Waals surface area contributed by atoms with Gasteiger partial charge in [0.1, 0.15) is 0 Å². The summed E-state index contributed by atoms with van der Waals surface area (Å²) >= 11 is 0. The van der Waals surface area contributed by atoms with Crippen molar-refractivity contribution in [3.8, 4) is 0 Å². The van der Waals surface area contributed by atoms with Crippen LogP contribution in [0.3, 0.4) is 0 Å². The molecule has 1 aromatic carbocycles. The van der Waals surface area contributed by atoms with Crippen LogP contribution in [0.5, 0.6) is 0 Å². The molecule has 1 unspecified atom stereocenters. The number of hydrogen-bond acceptors (Lipinski definition) is 2. The zero-order valence-electron chi connectivity index (χ0n) is 17.2. The van der Waals surface area contributed by atoms with Gasteiger partial charge in [-0.3, -0.25) is 4.79 Å². The fraction of sp³-hybridized carbons (Fsp3) is 0.652. The predicted molar refractivity (Wildman–Crippen MR) is 110 cm³/mol. The van der Waals surface area contributed by atoms with Crippen LogP contribution in [0.15, 0.2) is 24.3 Å². The van der Waals surface area contributed by atoms with E-state index < -0.39 is 0 Å². The number of rotatable bonds is 4. The zero-order valence-corrected chi connectivity index (χ0v) is 17.2. The Morgan fingerprint density at radius 1 is 1.11 bits per heavy atom. The van der Waals surface area contributed by atoms with Gasteiger partial charge in [0.2, 0.25) is 5.91 Å². The number of amides is 3. The molecule has 0 radical (unpaired) electrons. The van der Waals surface area contributed by atoms with Crippen molar-refractivity contribution in [1.82, 2.24) is 15.1 Å². The molecule has 1 saturated carbocycles. The molecule has 3 aliphatic rings. The van der Waals surface area contributed by atoms with Crippen LogP contribution in [-0.4, -0.2) is 54.0 Å². The number of nitrogens with one attached hydrogen (secondary N) is 1. The molecule has 1 atom stereocenters. The van der Waals surface area contributed by atoms with Crippen molar-refractivity contribution in [2.45, 2.75) is 69.7 Å². The van der Waals surface area contributed by atoms with Gasteiger partial charge in [-0.25, -0.2) is 4.79 Å². The quantitative estimate of drug-likeness (QED) is 0.863. The standard InChI is InChI=1S/C23H33N3O2/c1-17(2)18-7-9-19(10-8-18)23(11-3-4-12-23)21(27)25-14-5-6-20(16-25)26-15-13-24-22(26)28/h7-10,17,20H,3-6,11-16H2,1-2H3,(H,24,28). The number of nitrogens with zero attached hydrogens (tertiary/aromatic N) is 2. The van der Waals surface area contributed by atoms with E-state index >= 15 is 0 Å². The molecule has 5 heteroatoms. The summed E-state index contributed by atoms with van der Waals surface area (Å²) in [5.74, 6) is 0.783. The summed E-state index contributed by atoms with van der Waals surface area (Å²) in [5.41, 5.74) is 2.13. The Hall–Kier alpha value is -2.04. The highest BCUT2D eigenvalue weighted by Crippen LogP contribution is 2.43. The monoisotopic (exact) mass is 383 g/mol. The lowest BCUT2D eigenvalue weighted by Gasteiger charge is -2.41. The number of carbonyl (C=O) groups excluding carboxylic acids is 2. The maximum Gasteiger partial charge on any atom is 0.317 e. The highest BCUT2D eigenvalue weighted by atomic mass is 16.2. The van der Waals surface area contributed by atoms with E-state index in [1.165, 1.54) is 11.1 Å². The Kier molecular flexibility index (Phi) is 5.35. The van der Waals surface area contributed by atoms with Crippen molar-refractivity contribution in [2.75, 3.05) is 26.2 Å². The van der Waals surface area contributed by atoms with E-state index in [0.29, 0.717) is 12.5 Å². The minimum atomic E-state index is -0.370. The highest BCUT2D eigenvalue weighted by molar-refractivity contribution is 5.89. The summed E-state index contributed by atoms with van der Waals surface area (Å²) in [4.78, 5) is 29.9. The number of likely N-dealkylation sites (tertiary alicyclic amines) is 1.